The Kier molecular flexibility index (Phi) is 8.64. The third-order valence-corrected chi connectivity index (χ3v) is 5.29. The molecule has 2 aromatic heterocycles. The summed E-state index contributed by atoms with van der Waals surface area (Å²) in [6.45, 7) is 0.667. The van der Waals surface area contributed by atoms with Crippen LogP contribution in [0.4, 0.5) is 10.2 Å². The van der Waals surface area contributed by atoms with Crippen molar-refractivity contribution >= 4 is 27.9 Å². The maximum Gasteiger partial charge on any atom is 0.394 e. The Morgan fingerprint density at radius 1 is 0.895 bits per heavy atom. The fourth-order valence-electron chi connectivity index (χ4n) is 3.71. The van der Waals surface area contributed by atoms with Crippen LogP contribution in [-0.4, -0.2) is 61.0 Å². The third kappa shape index (κ3) is 6.63. The molecular weight excluding hydrogens is 521 g/mol. The highest BCUT2D eigenvalue weighted by molar-refractivity contribution is 7.79. The van der Waals surface area contributed by atoms with Crippen molar-refractivity contribution in [3.63, 3.8) is 0 Å². The lowest BCUT2D eigenvalue weighted by molar-refractivity contribution is -0.125. The Labute approximate surface area is 216 Å². The number of pyridine rings is 1. The van der Waals surface area contributed by atoms with E-state index < -0.39 is 22.1 Å². The summed E-state index contributed by atoms with van der Waals surface area (Å²) < 4.78 is 46.8. The number of nitrogens with zero attached hydrogens (tertiary/aromatic N) is 4. The topological polar surface area (TPSA) is 186 Å². The normalized spacial score (nSPS) is 12.2. The maximum atomic E-state index is 13.5. The Bertz CT molecular complexity index is 1520. The second-order valence-electron chi connectivity index (χ2n) is 7.75. The summed E-state index contributed by atoms with van der Waals surface area (Å²) >= 11 is 0. The summed E-state index contributed by atoms with van der Waals surface area (Å²) in [6.07, 6.45) is 3.33. The number of hydrogen-bond acceptors (Lipinski definition) is 7. The average molecular weight is 544 g/mol. The van der Waals surface area contributed by atoms with Gasteiger partial charge in [-0.15, -0.1) is 0 Å². The molecule has 0 saturated heterocycles. The first-order chi connectivity index (χ1) is 17.6. The zero-order valence-corrected chi connectivity index (χ0v) is 20.3. The van der Waals surface area contributed by atoms with Crippen molar-refractivity contribution in [2.75, 3.05) is 12.0 Å². The SMILES string of the molecule is O.O=C(C(=O)N1CCn2nc(-c3ccc(F)cc3)c(-c3ccncc3)c2N1)c1ccccc1.O=S(=O)(O)O. The summed E-state index contributed by atoms with van der Waals surface area (Å²) in [6, 6.07) is 18.2. The average Bonchev–Trinajstić information content (AvgIpc) is 3.27. The lowest BCUT2D eigenvalue weighted by Gasteiger charge is -2.29. The third-order valence-electron chi connectivity index (χ3n) is 5.29. The van der Waals surface area contributed by atoms with Gasteiger partial charge in [-0.1, -0.05) is 30.3 Å². The predicted octanol–water partition coefficient (Wildman–Crippen LogP) is 2.33. The van der Waals surface area contributed by atoms with Gasteiger partial charge in [0.15, 0.2) is 5.82 Å². The van der Waals surface area contributed by atoms with Crippen molar-refractivity contribution in [2.45, 2.75) is 6.54 Å². The minimum Gasteiger partial charge on any atom is -0.412 e. The molecule has 12 nitrogen and oxygen atoms in total. The van der Waals surface area contributed by atoms with Gasteiger partial charge >= 0.3 is 16.3 Å². The van der Waals surface area contributed by atoms with Crippen LogP contribution in [0.1, 0.15) is 10.4 Å². The van der Waals surface area contributed by atoms with Gasteiger partial charge in [-0.2, -0.15) is 13.5 Å². The molecule has 0 unspecified atom stereocenters. The molecule has 2 aromatic carbocycles. The van der Waals surface area contributed by atoms with Gasteiger partial charge < -0.3 is 5.48 Å². The molecule has 1 aliphatic rings. The molecule has 14 heteroatoms. The van der Waals surface area contributed by atoms with Crippen molar-refractivity contribution in [3.8, 4) is 22.4 Å². The fraction of sp³-hybridized carbons (Fsp3) is 0.0833. The lowest BCUT2D eigenvalue weighted by Crippen LogP contribution is -2.46. The van der Waals surface area contributed by atoms with E-state index in [-0.39, 0.29) is 17.8 Å². The van der Waals surface area contributed by atoms with E-state index in [4.69, 9.17) is 22.6 Å². The van der Waals surface area contributed by atoms with Gasteiger partial charge in [-0.3, -0.25) is 29.1 Å². The number of nitrogens with one attached hydrogen (secondary N) is 1. The maximum absolute atomic E-state index is 13.5. The minimum absolute atomic E-state index is 0. The number of hydrogen-bond donors (Lipinski definition) is 3. The van der Waals surface area contributed by atoms with E-state index in [9.17, 15) is 14.0 Å². The van der Waals surface area contributed by atoms with Gasteiger partial charge in [0.05, 0.1) is 18.7 Å². The van der Waals surface area contributed by atoms with Gasteiger partial charge in [0.25, 0.3) is 5.78 Å². The zero-order valence-electron chi connectivity index (χ0n) is 19.5. The number of fused-ring (bicyclic) bond motifs is 1. The van der Waals surface area contributed by atoms with E-state index in [0.29, 0.717) is 23.6 Å². The summed E-state index contributed by atoms with van der Waals surface area (Å²) in [7, 11) is -4.67. The fourth-order valence-corrected chi connectivity index (χ4v) is 3.71. The number of carbonyl (C=O) groups excluding carboxylic acids is 2. The molecule has 0 fully saturated rings. The van der Waals surface area contributed by atoms with Gasteiger partial charge in [-0.05, 0) is 42.0 Å². The molecule has 1 amide bonds. The molecule has 0 aliphatic carbocycles. The van der Waals surface area contributed by atoms with Crippen LogP contribution in [0.25, 0.3) is 22.4 Å². The Balaban J connectivity index is 0.000000612. The monoisotopic (exact) mass is 543 g/mol. The van der Waals surface area contributed by atoms with Crippen LogP contribution in [0.2, 0.25) is 0 Å². The number of halogens is 1. The minimum atomic E-state index is -4.67. The summed E-state index contributed by atoms with van der Waals surface area (Å²) in [5, 5.41) is 6.02. The molecule has 1 aliphatic heterocycles. The summed E-state index contributed by atoms with van der Waals surface area (Å²) in [5.74, 6) is -0.989. The highest BCUT2D eigenvalue weighted by Crippen LogP contribution is 2.39. The van der Waals surface area contributed by atoms with E-state index in [1.807, 2.05) is 12.1 Å². The Morgan fingerprint density at radius 2 is 1.50 bits per heavy atom. The number of Topliss-reactive ketones (excluding diaryl/α,β-unsaturated/α-hetero) is 1. The molecule has 0 bridgehead atoms. The van der Waals surface area contributed by atoms with Crippen molar-refractivity contribution in [2.24, 2.45) is 0 Å². The van der Waals surface area contributed by atoms with Crippen LogP contribution in [0.5, 0.6) is 0 Å². The molecule has 0 atom stereocenters. The number of rotatable bonds is 4. The highest BCUT2D eigenvalue weighted by Gasteiger charge is 2.31. The first kappa shape index (κ1) is 28.1. The van der Waals surface area contributed by atoms with Crippen LogP contribution in [-0.2, 0) is 21.7 Å². The smallest absolute Gasteiger partial charge is 0.394 e. The molecule has 0 saturated carbocycles. The molecule has 5 N–H and O–H groups in total. The number of hydrazine groups is 1. The van der Waals surface area contributed by atoms with E-state index in [2.05, 4.69) is 10.4 Å². The second-order valence-corrected chi connectivity index (χ2v) is 8.65. The van der Waals surface area contributed by atoms with Gasteiger partial charge in [-0.25, -0.2) is 14.1 Å². The number of ketones is 1. The standard InChI is InChI=1S/C24H18FN5O2.H2O4S.H2O/c25-19-8-6-17(7-9-19)21-20(16-10-12-26-13-11-16)23-28-30(15-14-29(23)27-21)24(32)22(31)18-4-2-1-3-5-18;1-5(2,3)4;/h1-13,28H,14-15H2;(H2,1,2,3,4);1H2. The van der Waals surface area contributed by atoms with E-state index >= 15 is 0 Å². The molecule has 0 radical (unpaired) electrons. The van der Waals surface area contributed by atoms with Crippen molar-refractivity contribution in [1.82, 2.24) is 19.8 Å². The van der Waals surface area contributed by atoms with Crippen LogP contribution in [0, 0.1) is 5.82 Å². The summed E-state index contributed by atoms with van der Waals surface area (Å²) in [4.78, 5) is 29.6. The van der Waals surface area contributed by atoms with Crippen LogP contribution in [0.3, 0.4) is 0 Å². The predicted molar refractivity (Wildman–Crippen MR) is 135 cm³/mol. The van der Waals surface area contributed by atoms with E-state index in [1.165, 1.54) is 17.1 Å². The van der Waals surface area contributed by atoms with E-state index in [0.717, 1.165) is 16.7 Å². The molecule has 3 heterocycles. The first-order valence-electron chi connectivity index (χ1n) is 10.8. The second kappa shape index (κ2) is 11.7. The Morgan fingerprint density at radius 3 is 2.11 bits per heavy atom. The van der Waals surface area contributed by atoms with Gasteiger partial charge in [0, 0.05) is 23.5 Å². The van der Waals surface area contributed by atoms with Crippen LogP contribution in [0.15, 0.2) is 79.1 Å². The molecular formula is C24H22FN5O7S. The number of benzene rings is 2. The molecule has 4 aromatic rings. The molecule has 0 spiro atoms. The number of amides is 1. The van der Waals surface area contributed by atoms with Gasteiger partial charge in [0.1, 0.15) is 11.5 Å². The molecule has 198 valence electrons. The Hall–Kier alpha value is -4.50. The van der Waals surface area contributed by atoms with Crippen molar-refractivity contribution < 1.29 is 37.0 Å². The number of carbonyl (C=O) groups is 2. The van der Waals surface area contributed by atoms with Crippen LogP contribution >= 0.6 is 0 Å². The molecule has 5 rings (SSSR count). The molecule has 38 heavy (non-hydrogen) atoms. The lowest BCUT2D eigenvalue weighted by atomic mass is 10.0. The quantitative estimate of drug-likeness (QED) is 0.197. The number of anilines is 1. The van der Waals surface area contributed by atoms with Crippen molar-refractivity contribution in [3.05, 3.63) is 90.5 Å². The largest absolute Gasteiger partial charge is 0.412 e. The van der Waals surface area contributed by atoms with Crippen LogP contribution < -0.4 is 5.43 Å². The first-order valence-corrected chi connectivity index (χ1v) is 12.2. The zero-order chi connectivity index (χ0) is 26.6. The number of aromatic nitrogens is 3. The van der Waals surface area contributed by atoms with Gasteiger partial charge in [0.2, 0.25) is 0 Å². The summed E-state index contributed by atoms with van der Waals surface area (Å²) in [5.41, 5.74) is 6.37. The van der Waals surface area contributed by atoms with E-state index in [1.54, 1.807) is 59.5 Å². The van der Waals surface area contributed by atoms with Crippen molar-refractivity contribution in [1.29, 1.82) is 0 Å². The highest BCUT2D eigenvalue weighted by atomic mass is 32.3.